The van der Waals surface area contributed by atoms with Crippen molar-refractivity contribution in [1.29, 1.82) is 0 Å². The number of benzene rings is 2. The molecule has 13 nitrogen and oxygen atoms in total. The predicted molar refractivity (Wildman–Crippen MR) is 162 cm³/mol. The Morgan fingerprint density at radius 1 is 0.733 bits per heavy atom. The SMILES string of the molecule is O=C1/C=C\C(=O)Oc2c(cc3c(=O)n(CCCN4CCN(CCO)CC4)c4oc(=O)ccc(=O)oc2c3c4-c2ccccc2)O1. The first kappa shape index (κ1) is 29.9. The monoisotopic (exact) mass is 615 g/mol. The molecule has 2 aliphatic rings. The summed E-state index contributed by atoms with van der Waals surface area (Å²) in [6, 6.07) is 11.7. The number of aromatic nitrogens is 1. The first-order valence-electron chi connectivity index (χ1n) is 14.4. The molecule has 1 fully saturated rings. The molecular formula is C32H29N3O10. The van der Waals surface area contributed by atoms with Crippen LogP contribution in [0, 0.1) is 0 Å². The van der Waals surface area contributed by atoms with E-state index in [1.54, 1.807) is 30.3 Å². The molecule has 2 aliphatic heterocycles. The van der Waals surface area contributed by atoms with Gasteiger partial charge in [-0.15, -0.1) is 0 Å². The van der Waals surface area contributed by atoms with E-state index in [2.05, 4.69) is 9.80 Å². The van der Waals surface area contributed by atoms with E-state index in [0.717, 1.165) is 50.5 Å². The second-order valence-corrected chi connectivity index (χ2v) is 10.6. The Kier molecular flexibility index (Phi) is 8.56. The van der Waals surface area contributed by atoms with E-state index >= 15 is 0 Å². The number of β-amino-alcohol motifs (C(OH)–C–C–N with tert-alkyl or cyclic N) is 1. The maximum Gasteiger partial charge on any atom is 0.337 e. The number of hydrogen-bond acceptors (Lipinski definition) is 12. The van der Waals surface area contributed by atoms with Crippen LogP contribution in [0.15, 0.2) is 83.9 Å². The molecule has 4 heterocycles. The number of aliphatic hydroxyl groups excluding tert-OH is 1. The number of pyridine rings is 1. The average Bonchev–Trinajstić information content (AvgIpc) is 3.03. The number of ether oxygens (including phenoxy) is 2. The molecule has 232 valence electrons. The lowest BCUT2D eigenvalue weighted by Crippen LogP contribution is -2.47. The predicted octanol–water partition coefficient (Wildman–Crippen LogP) is 1.67. The van der Waals surface area contributed by atoms with Gasteiger partial charge in [0.2, 0.25) is 11.5 Å². The quantitative estimate of drug-likeness (QED) is 0.237. The molecule has 0 saturated carbocycles. The lowest BCUT2D eigenvalue weighted by Gasteiger charge is -2.34. The van der Waals surface area contributed by atoms with Crippen LogP contribution in [0.3, 0.4) is 0 Å². The van der Waals surface area contributed by atoms with E-state index in [4.69, 9.17) is 18.3 Å². The Balaban J connectivity index is 1.60. The van der Waals surface area contributed by atoms with E-state index in [0.29, 0.717) is 25.1 Å². The largest absolute Gasteiger partial charge is 0.419 e. The third-order valence-corrected chi connectivity index (χ3v) is 7.71. The van der Waals surface area contributed by atoms with Crippen LogP contribution in [0.2, 0.25) is 0 Å². The van der Waals surface area contributed by atoms with E-state index in [-0.39, 0.29) is 52.3 Å². The van der Waals surface area contributed by atoms with E-state index in [1.165, 1.54) is 10.6 Å². The molecule has 2 aromatic carbocycles. The first-order chi connectivity index (χ1) is 21.8. The summed E-state index contributed by atoms with van der Waals surface area (Å²) >= 11 is 0. The molecule has 0 atom stereocenters. The number of carbonyl (C=O) groups is 2. The van der Waals surface area contributed by atoms with Crippen molar-refractivity contribution in [3.63, 3.8) is 0 Å². The lowest BCUT2D eigenvalue weighted by atomic mass is 9.98. The topological polar surface area (TPSA) is 162 Å². The third-order valence-electron chi connectivity index (χ3n) is 7.71. The Hall–Kier alpha value is -5.11. The number of esters is 2. The van der Waals surface area contributed by atoms with E-state index in [1.807, 2.05) is 0 Å². The average molecular weight is 616 g/mol. The minimum absolute atomic E-state index is 0.0224. The summed E-state index contributed by atoms with van der Waals surface area (Å²) in [6.07, 6.45) is 2.26. The van der Waals surface area contributed by atoms with Gasteiger partial charge in [-0.2, -0.15) is 0 Å². The zero-order valence-corrected chi connectivity index (χ0v) is 24.1. The molecule has 0 amide bonds. The van der Waals surface area contributed by atoms with Crippen molar-refractivity contribution >= 4 is 34.0 Å². The maximum absolute atomic E-state index is 14.3. The van der Waals surface area contributed by atoms with Gasteiger partial charge in [-0.1, -0.05) is 30.3 Å². The minimum Gasteiger partial charge on any atom is -0.419 e. The van der Waals surface area contributed by atoms with Gasteiger partial charge < -0.3 is 28.3 Å². The standard InChI is InChI=1S/C32H29N3O10/c36-18-17-34-15-13-33(14-16-34)11-4-12-35-31(41)21-19-22-29(43-24(38)8-7-23(37)42-22)30-28(21)27(20-5-2-1-3-6-20)32(35)45-26(40)10-9-25(39)44-30/h1-3,5-10,19,36H,4,11-18H2/b8-7-,10-9?. The van der Waals surface area contributed by atoms with Gasteiger partial charge in [0.1, 0.15) is 0 Å². The highest BCUT2D eigenvalue weighted by atomic mass is 16.6. The number of piperazine rings is 1. The molecule has 0 unspecified atom stereocenters. The smallest absolute Gasteiger partial charge is 0.337 e. The Morgan fingerprint density at radius 2 is 1.38 bits per heavy atom. The van der Waals surface area contributed by atoms with E-state index < -0.39 is 28.7 Å². The summed E-state index contributed by atoms with van der Waals surface area (Å²) in [5.41, 5.74) is -2.23. The van der Waals surface area contributed by atoms with Gasteiger partial charge in [-0.25, -0.2) is 19.2 Å². The van der Waals surface area contributed by atoms with Crippen LogP contribution in [-0.2, 0) is 16.1 Å². The number of aliphatic hydroxyl groups is 1. The minimum atomic E-state index is -1.02. The summed E-state index contributed by atoms with van der Waals surface area (Å²) in [5, 5.41) is 9.24. The number of nitrogens with zero attached hydrogens (tertiary/aromatic N) is 3. The van der Waals surface area contributed by atoms with Gasteiger partial charge in [0, 0.05) is 68.9 Å². The molecule has 0 aliphatic carbocycles. The van der Waals surface area contributed by atoms with Crippen molar-refractivity contribution in [3.8, 4) is 22.6 Å². The van der Waals surface area contributed by atoms with Crippen LogP contribution in [0.4, 0.5) is 0 Å². The third kappa shape index (κ3) is 6.27. The van der Waals surface area contributed by atoms with Gasteiger partial charge in [0.05, 0.1) is 17.6 Å². The van der Waals surface area contributed by atoms with Crippen LogP contribution in [0.1, 0.15) is 6.42 Å². The fourth-order valence-corrected chi connectivity index (χ4v) is 5.61. The number of fused-ring (bicyclic) bond motifs is 3. The Labute approximate surface area is 254 Å². The van der Waals surface area contributed by atoms with Crippen molar-refractivity contribution in [3.05, 3.63) is 91.9 Å². The van der Waals surface area contributed by atoms with E-state index in [9.17, 15) is 29.1 Å². The van der Waals surface area contributed by atoms with Crippen molar-refractivity contribution < 1.29 is 33.0 Å². The maximum atomic E-state index is 14.3. The first-order valence-corrected chi connectivity index (χ1v) is 14.4. The second-order valence-electron chi connectivity index (χ2n) is 10.6. The van der Waals surface area contributed by atoms with Gasteiger partial charge in [0.25, 0.3) is 5.56 Å². The Morgan fingerprint density at radius 3 is 2.07 bits per heavy atom. The zero-order valence-electron chi connectivity index (χ0n) is 24.1. The summed E-state index contributed by atoms with van der Waals surface area (Å²) in [6.45, 7) is 4.76. The lowest BCUT2D eigenvalue weighted by molar-refractivity contribution is -0.133. The number of carbonyl (C=O) groups excluding carboxylic acids is 2. The molecule has 6 rings (SSSR count). The van der Waals surface area contributed by atoms with Crippen molar-refractivity contribution in [2.75, 3.05) is 45.9 Å². The van der Waals surface area contributed by atoms with Crippen LogP contribution in [-0.4, -0.2) is 77.3 Å². The molecule has 0 spiro atoms. The van der Waals surface area contributed by atoms with Crippen LogP contribution in [0.25, 0.3) is 33.2 Å². The van der Waals surface area contributed by atoms with Crippen molar-refractivity contribution in [2.24, 2.45) is 0 Å². The molecule has 13 heteroatoms. The second kappa shape index (κ2) is 12.9. The van der Waals surface area contributed by atoms with Gasteiger partial charge in [-0.3, -0.25) is 14.3 Å². The summed E-state index contributed by atoms with van der Waals surface area (Å²) in [5.74, 6) is -2.54. The molecule has 2 aromatic heterocycles. The molecule has 2 bridgehead atoms. The molecule has 45 heavy (non-hydrogen) atoms. The van der Waals surface area contributed by atoms with Crippen LogP contribution in [0.5, 0.6) is 11.5 Å². The number of hydrogen-bond donors (Lipinski definition) is 1. The normalized spacial score (nSPS) is 16.5. The fourth-order valence-electron chi connectivity index (χ4n) is 5.61. The van der Waals surface area contributed by atoms with Crippen LogP contribution < -0.4 is 26.3 Å². The highest BCUT2D eigenvalue weighted by Gasteiger charge is 2.28. The molecule has 1 saturated heterocycles. The summed E-state index contributed by atoms with van der Waals surface area (Å²) in [7, 11) is 0. The van der Waals surface area contributed by atoms with Gasteiger partial charge >= 0.3 is 23.2 Å². The number of rotatable bonds is 7. The van der Waals surface area contributed by atoms with Crippen LogP contribution >= 0.6 is 0 Å². The van der Waals surface area contributed by atoms with Crippen molar-refractivity contribution in [2.45, 2.75) is 13.0 Å². The molecule has 1 N–H and O–H groups in total. The summed E-state index contributed by atoms with van der Waals surface area (Å²) < 4.78 is 23.6. The highest BCUT2D eigenvalue weighted by molar-refractivity contribution is 6.13. The summed E-state index contributed by atoms with van der Waals surface area (Å²) in [4.78, 5) is 69.4. The molecule has 0 radical (unpaired) electrons. The highest BCUT2D eigenvalue weighted by Crippen LogP contribution is 2.43. The van der Waals surface area contributed by atoms with Gasteiger partial charge in [-0.05, 0) is 24.6 Å². The molecule has 4 aromatic rings. The van der Waals surface area contributed by atoms with Crippen molar-refractivity contribution in [1.82, 2.24) is 14.4 Å². The van der Waals surface area contributed by atoms with Gasteiger partial charge in [0.15, 0.2) is 11.3 Å². The number of aryl methyl sites for hydroxylation is 1. The Bertz CT molecular complexity index is 2020. The molecular weight excluding hydrogens is 586 g/mol. The fraction of sp³-hybridized carbons (Fsp3) is 0.281. The zero-order chi connectivity index (χ0) is 31.5.